The summed E-state index contributed by atoms with van der Waals surface area (Å²) in [6.45, 7) is 0.693. The zero-order valence-electron chi connectivity index (χ0n) is 16.5. The molecule has 31 heavy (non-hydrogen) atoms. The first-order chi connectivity index (χ1) is 15.2. The van der Waals surface area contributed by atoms with Crippen molar-refractivity contribution in [2.24, 2.45) is 0 Å². The van der Waals surface area contributed by atoms with Crippen molar-refractivity contribution in [3.8, 4) is 0 Å². The minimum atomic E-state index is -0.165. The van der Waals surface area contributed by atoms with Crippen molar-refractivity contribution in [3.05, 3.63) is 89.0 Å². The first kappa shape index (κ1) is 20.5. The molecule has 8 nitrogen and oxygen atoms in total. The highest BCUT2D eigenvalue weighted by Crippen LogP contribution is 2.23. The van der Waals surface area contributed by atoms with Crippen molar-refractivity contribution >= 4 is 45.0 Å². The lowest BCUT2D eigenvalue weighted by molar-refractivity contribution is 0.102. The maximum Gasteiger partial charge on any atom is 0.255 e. The van der Waals surface area contributed by atoms with Gasteiger partial charge in [0.2, 0.25) is 5.95 Å². The second kappa shape index (κ2) is 9.86. The molecule has 0 unspecified atom stereocenters. The van der Waals surface area contributed by atoms with E-state index < -0.39 is 0 Å². The zero-order valence-corrected chi connectivity index (χ0v) is 18.1. The number of aromatic nitrogens is 4. The Morgan fingerprint density at radius 3 is 2.68 bits per heavy atom. The molecule has 0 saturated heterocycles. The summed E-state index contributed by atoms with van der Waals surface area (Å²) < 4.78 is 0.770. The van der Waals surface area contributed by atoms with E-state index in [1.165, 1.54) is 0 Å². The topological polar surface area (TPSA) is 108 Å². The normalized spacial score (nSPS) is 10.5. The van der Waals surface area contributed by atoms with Crippen LogP contribution in [0.2, 0.25) is 0 Å². The van der Waals surface area contributed by atoms with E-state index in [1.807, 2.05) is 42.5 Å². The molecule has 0 atom stereocenters. The predicted octanol–water partition coefficient (Wildman–Crippen LogP) is 4.61. The number of halogens is 1. The number of hydrogen-bond donors (Lipinski definition) is 4. The Balaban J connectivity index is 1.40. The van der Waals surface area contributed by atoms with Gasteiger partial charge in [0.1, 0.15) is 5.82 Å². The van der Waals surface area contributed by atoms with Gasteiger partial charge in [0, 0.05) is 48.0 Å². The van der Waals surface area contributed by atoms with E-state index in [-0.39, 0.29) is 5.91 Å². The number of amides is 1. The van der Waals surface area contributed by atoms with E-state index in [0.29, 0.717) is 29.6 Å². The van der Waals surface area contributed by atoms with E-state index in [2.05, 4.69) is 51.8 Å². The summed E-state index contributed by atoms with van der Waals surface area (Å²) >= 11 is 3.47. The Hall–Kier alpha value is -3.72. The summed E-state index contributed by atoms with van der Waals surface area (Å²) in [7, 11) is 0. The molecule has 2 aromatic carbocycles. The Morgan fingerprint density at radius 2 is 1.87 bits per heavy atom. The molecule has 1 amide bonds. The number of H-pyrrole nitrogens is 1. The van der Waals surface area contributed by atoms with Gasteiger partial charge in [0.15, 0.2) is 0 Å². The second-order valence-electron chi connectivity index (χ2n) is 6.67. The molecule has 2 heterocycles. The zero-order chi connectivity index (χ0) is 21.5. The van der Waals surface area contributed by atoms with Gasteiger partial charge >= 0.3 is 0 Å². The lowest BCUT2D eigenvalue weighted by Crippen LogP contribution is -2.11. The van der Waals surface area contributed by atoms with Crippen molar-refractivity contribution in [2.45, 2.75) is 6.42 Å². The monoisotopic (exact) mass is 477 g/mol. The van der Waals surface area contributed by atoms with Crippen LogP contribution >= 0.6 is 15.9 Å². The fourth-order valence-corrected chi connectivity index (χ4v) is 3.22. The van der Waals surface area contributed by atoms with Crippen LogP contribution in [-0.4, -0.2) is 32.4 Å². The van der Waals surface area contributed by atoms with Crippen LogP contribution in [0.25, 0.3) is 0 Å². The lowest BCUT2D eigenvalue weighted by Gasteiger charge is -2.11. The third-order valence-corrected chi connectivity index (χ3v) is 4.98. The third kappa shape index (κ3) is 5.67. The Kier molecular flexibility index (Phi) is 6.53. The number of carbonyl (C=O) groups excluding carboxylic acids is 1. The maximum absolute atomic E-state index is 12.4. The van der Waals surface area contributed by atoms with Crippen molar-refractivity contribution in [1.82, 2.24) is 19.9 Å². The second-order valence-corrected chi connectivity index (χ2v) is 7.52. The highest BCUT2D eigenvalue weighted by atomic mass is 79.9. The summed E-state index contributed by atoms with van der Waals surface area (Å²) in [5.74, 6) is 0.964. The van der Waals surface area contributed by atoms with Crippen molar-refractivity contribution < 1.29 is 4.79 Å². The fourth-order valence-electron chi connectivity index (χ4n) is 2.88. The van der Waals surface area contributed by atoms with Gasteiger partial charge in [0.25, 0.3) is 5.91 Å². The summed E-state index contributed by atoms with van der Waals surface area (Å²) in [6.07, 6.45) is 5.94. The third-order valence-electron chi connectivity index (χ3n) is 4.40. The SMILES string of the molecule is O=C(Nc1cccc(Nc2ncc(Br)c(NCCc3cnc[nH]3)n2)c1)c1ccccc1. The largest absolute Gasteiger partial charge is 0.369 e. The van der Waals surface area contributed by atoms with Crippen molar-refractivity contribution in [3.63, 3.8) is 0 Å². The molecule has 156 valence electrons. The smallest absolute Gasteiger partial charge is 0.255 e. The number of benzene rings is 2. The van der Waals surface area contributed by atoms with E-state index in [1.54, 1.807) is 30.9 Å². The molecule has 0 radical (unpaired) electrons. The molecule has 0 bridgehead atoms. The van der Waals surface area contributed by atoms with Gasteiger partial charge in [-0.15, -0.1) is 0 Å². The molecule has 4 N–H and O–H groups in total. The quantitative estimate of drug-likeness (QED) is 0.295. The minimum Gasteiger partial charge on any atom is -0.369 e. The van der Waals surface area contributed by atoms with Crippen molar-refractivity contribution in [2.75, 3.05) is 22.5 Å². The Labute approximate surface area is 187 Å². The maximum atomic E-state index is 12.4. The van der Waals surface area contributed by atoms with Crippen LogP contribution in [-0.2, 0) is 6.42 Å². The lowest BCUT2D eigenvalue weighted by atomic mass is 10.2. The Bertz CT molecular complexity index is 1150. The number of imidazole rings is 1. The number of rotatable bonds is 8. The van der Waals surface area contributed by atoms with Gasteiger partial charge in [-0.25, -0.2) is 9.97 Å². The van der Waals surface area contributed by atoms with Gasteiger partial charge in [-0.2, -0.15) is 4.98 Å². The van der Waals surface area contributed by atoms with Gasteiger partial charge in [-0.05, 0) is 46.3 Å². The highest BCUT2D eigenvalue weighted by Gasteiger charge is 2.08. The average Bonchev–Trinajstić information content (AvgIpc) is 3.30. The molecule has 0 spiro atoms. The minimum absolute atomic E-state index is 0.165. The molecule has 0 aliphatic rings. The molecule has 0 fully saturated rings. The molecule has 0 aliphatic carbocycles. The first-order valence-electron chi connectivity index (χ1n) is 9.64. The molecular formula is C22H20BrN7O. The van der Waals surface area contributed by atoms with Crippen LogP contribution in [0, 0.1) is 0 Å². The molecule has 2 aromatic heterocycles. The number of anilines is 4. The number of carbonyl (C=O) groups is 1. The van der Waals surface area contributed by atoms with Crippen LogP contribution < -0.4 is 16.0 Å². The van der Waals surface area contributed by atoms with Gasteiger partial charge in [-0.1, -0.05) is 24.3 Å². The Morgan fingerprint density at radius 1 is 1.03 bits per heavy atom. The van der Waals surface area contributed by atoms with E-state index in [4.69, 9.17) is 0 Å². The molecule has 9 heteroatoms. The number of nitrogens with zero attached hydrogens (tertiary/aromatic N) is 3. The van der Waals surface area contributed by atoms with E-state index in [0.717, 1.165) is 22.3 Å². The standard InChI is InChI=1S/C22H20BrN7O/c23-19-13-26-22(30-20(19)25-10-9-18-12-24-14-27-18)29-17-8-4-7-16(11-17)28-21(31)15-5-2-1-3-6-15/h1-8,11-14H,9-10H2,(H,24,27)(H,28,31)(H2,25,26,29,30). The first-order valence-corrected chi connectivity index (χ1v) is 10.4. The predicted molar refractivity (Wildman–Crippen MR) is 125 cm³/mol. The van der Waals surface area contributed by atoms with Crippen molar-refractivity contribution in [1.29, 1.82) is 0 Å². The summed E-state index contributed by atoms with van der Waals surface area (Å²) in [6, 6.07) is 16.5. The van der Waals surface area contributed by atoms with E-state index >= 15 is 0 Å². The van der Waals surface area contributed by atoms with Crippen LogP contribution in [0.4, 0.5) is 23.1 Å². The number of aromatic amines is 1. The van der Waals surface area contributed by atoms with E-state index in [9.17, 15) is 4.79 Å². The number of nitrogens with one attached hydrogen (secondary N) is 4. The van der Waals surface area contributed by atoms with Gasteiger partial charge in [0.05, 0.1) is 10.8 Å². The molecular weight excluding hydrogens is 458 g/mol. The van der Waals surface area contributed by atoms with Gasteiger partial charge in [-0.3, -0.25) is 4.79 Å². The highest BCUT2D eigenvalue weighted by molar-refractivity contribution is 9.10. The molecule has 0 saturated carbocycles. The van der Waals surface area contributed by atoms with Crippen LogP contribution in [0.3, 0.4) is 0 Å². The molecule has 0 aliphatic heterocycles. The molecule has 4 rings (SSSR count). The van der Waals surface area contributed by atoms with Crippen LogP contribution in [0.5, 0.6) is 0 Å². The summed E-state index contributed by atoms with van der Waals surface area (Å²) in [5.41, 5.74) is 3.08. The molecule has 4 aromatic rings. The van der Waals surface area contributed by atoms with Crippen LogP contribution in [0.1, 0.15) is 16.1 Å². The van der Waals surface area contributed by atoms with Crippen LogP contribution in [0.15, 0.2) is 77.8 Å². The number of hydrogen-bond acceptors (Lipinski definition) is 6. The summed E-state index contributed by atoms with van der Waals surface area (Å²) in [4.78, 5) is 28.3. The van der Waals surface area contributed by atoms with Gasteiger partial charge < -0.3 is 20.9 Å². The summed E-state index contributed by atoms with van der Waals surface area (Å²) in [5, 5.41) is 9.37. The average molecular weight is 478 g/mol. The fraction of sp³-hybridized carbons (Fsp3) is 0.0909.